The number of fused-ring (bicyclic) bond motifs is 2. The maximum Gasteiger partial charge on any atom is 0.254 e. The summed E-state index contributed by atoms with van der Waals surface area (Å²) in [4.78, 5) is 13.3. The predicted octanol–water partition coefficient (Wildman–Crippen LogP) is 4.73. The van der Waals surface area contributed by atoms with E-state index in [0.717, 1.165) is 37.0 Å². The molecule has 5 rings (SSSR count). The van der Waals surface area contributed by atoms with Crippen LogP contribution in [0.3, 0.4) is 0 Å². The molecular weight excluding hydrogens is 434 g/mol. The maximum atomic E-state index is 13.3. The zero-order chi connectivity index (χ0) is 23.9. The first-order valence-electron chi connectivity index (χ1n) is 11.5. The molecule has 34 heavy (non-hydrogen) atoms. The number of hydrogen-bond donors (Lipinski definition) is 2. The molecule has 1 amide bonds. The SMILES string of the molecule is COc1ccc(C=CC(O)=C2C(=O)NC34CCCCC3C2c2ccccc2O4)c(OC)c1OC. The van der Waals surface area contributed by atoms with Gasteiger partial charge in [0.25, 0.3) is 5.91 Å². The van der Waals surface area contributed by atoms with Gasteiger partial charge >= 0.3 is 0 Å². The average molecular weight is 464 g/mol. The van der Waals surface area contributed by atoms with Crippen molar-refractivity contribution in [3.8, 4) is 23.0 Å². The molecule has 3 aliphatic rings. The maximum absolute atomic E-state index is 13.3. The second-order valence-electron chi connectivity index (χ2n) is 8.87. The molecule has 2 fully saturated rings. The number of piperidine rings is 1. The zero-order valence-electron chi connectivity index (χ0n) is 19.6. The molecule has 1 saturated heterocycles. The van der Waals surface area contributed by atoms with Crippen molar-refractivity contribution in [3.05, 3.63) is 64.9 Å². The largest absolute Gasteiger partial charge is 0.507 e. The van der Waals surface area contributed by atoms with Gasteiger partial charge in [-0.1, -0.05) is 24.6 Å². The molecule has 178 valence electrons. The van der Waals surface area contributed by atoms with E-state index in [1.807, 2.05) is 30.3 Å². The van der Waals surface area contributed by atoms with Crippen LogP contribution in [-0.4, -0.2) is 38.1 Å². The number of carbonyl (C=O) groups is 1. The minimum atomic E-state index is -0.714. The number of hydrogen-bond acceptors (Lipinski definition) is 6. The first kappa shape index (κ1) is 22.2. The Morgan fingerprint density at radius 2 is 1.88 bits per heavy atom. The molecule has 0 aromatic heterocycles. The van der Waals surface area contributed by atoms with Gasteiger partial charge in [0.05, 0.1) is 26.9 Å². The number of rotatable bonds is 5. The van der Waals surface area contributed by atoms with Crippen LogP contribution in [0.1, 0.15) is 42.7 Å². The lowest BCUT2D eigenvalue weighted by Gasteiger charge is -2.54. The second kappa shape index (κ2) is 8.63. The van der Waals surface area contributed by atoms with E-state index >= 15 is 0 Å². The molecule has 7 heteroatoms. The number of benzene rings is 2. The highest BCUT2D eigenvalue weighted by Gasteiger charge is 2.57. The molecule has 2 heterocycles. The van der Waals surface area contributed by atoms with Crippen molar-refractivity contribution in [1.82, 2.24) is 5.32 Å². The molecule has 2 N–H and O–H groups in total. The molecule has 1 saturated carbocycles. The van der Waals surface area contributed by atoms with E-state index < -0.39 is 5.72 Å². The lowest BCUT2D eigenvalue weighted by molar-refractivity contribution is -0.140. The Balaban J connectivity index is 1.59. The number of para-hydroxylation sites is 1. The highest BCUT2D eigenvalue weighted by atomic mass is 16.5. The van der Waals surface area contributed by atoms with E-state index in [4.69, 9.17) is 18.9 Å². The van der Waals surface area contributed by atoms with E-state index in [0.29, 0.717) is 28.4 Å². The molecule has 0 radical (unpaired) electrons. The molecule has 1 aliphatic carbocycles. The van der Waals surface area contributed by atoms with E-state index in [-0.39, 0.29) is 23.5 Å². The number of methoxy groups -OCH3 is 3. The molecule has 2 bridgehead atoms. The van der Waals surface area contributed by atoms with Crippen LogP contribution in [0.2, 0.25) is 0 Å². The van der Waals surface area contributed by atoms with Gasteiger partial charge < -0.3 is 29.4 Å². The van der Waals surface area contributed by atoms with Crippen LogP contribution >= 0.6 is 0 Å². The number of allylic oxidation sites excluding steroid dienone is 1. The second-order valence-corrected chi connectivity index (χ2v) is 8.87. The van der Waals surface area contributed by atoms with Gasteiger partial charge in [0.1, 0.15) is 11.5 Å². The molecule has 2 aromatic carbocycles. The fourth-order valence-corrected chi connectivity index (χ4v) is 5.70. The van der Waals surface area contributed by atoms with Gasteiger partial charge in [-0.05, 0) is 43.2 Å². The Morgan fingerprint density at radius 1 is 1.09 bits per heavy atom. The van der Waals surface area contributed by atoms with E-state index in [9.17, 15) is 9.90 Å². The fraction of sp³-hybridized carbons (Fsp3) is 0.370. The van der Waals surface area contributed by atoms with E-state index in [1.165, 1.54) is 0 Å². The number of amides is 1. The van der Waals surface area contributed by atoms with Crippen molar-refractivity contribution >= 4 is 12.0 Å². The summed E-state index contributed by atoms with van der Waals surface area (Å²) >= 11 is 0. The summed E-state index contributed by atoms with van der Waals surface area (Å²) in [5, 5.41) is 14.3. The van der Waals surface area contributed by atoms with Crippen molar-refractivity contribution in [2.24, 2.45) is 5.92 Å². The Hall–Kier alpha value is -3.61. The molecule has 3 atom stereocenters. The van der Waals surface area contributed by atoms with Crippen LogP contribution in [0.25, 0.3) is 6.08 Å². The van der Waals surface area contributed by atoms with Crippen LogP contribution in [0.5, 0.6) is 23.0 Å². The Bertz CT molecular complexity index is 1190. The van der Waals surface area contributed by atoms with Crippen LogP contribution < -0.4 is 24.3 Å². The Labute approximate surface area is 199 Å². The number of aliphatic hydroxyl groups excluding tert-OH is 1. The quantitative estimate of drug-likeness (QED) is 0.493. The van der Waals surface area contributed by atoms with Crippen molar-refractivity contribution in [2.45, 2.75) is 37.3 Å². The summed E-state index contributed by atoms with van der Waals surface area (Å²) in [7, 11) is 4.64. The highest BCUT2D eigenvalue weighted by molar-refractivity contribution is 5.98. The van der Waals surface area contributed by atoms with Gasteiger partial charge in [-0.25, -0.2) is 0 Å². The van der Waals surface area contributed by atoms with Gasteiger partial charge in [-0.3, -0.25) is 4.79 Å². The van der Waals surface area contributed by atoms with Crippen LogP contribution in [0.4, 0.5) is 0 Å². The molecule has 2 aromatic rings. The third-order valence-corrected chi connectivity index (χ3v) is 7.17. The fourth-order valence-electron chi connectivity index (χ4n) is 5.70. The molecule has 2 aliphatic heterocycles. The van der Waals surface area contributed by atoms with Crippen LogP contribution in [0, 0.1) is 5.92 Å². The Kier molecular flexibility index (Phi) is 5.63. The first-order chi connectivity index (χ1) is 16.5. The lowest BCUT2D eigenvalue weighted by atomic mass is 9.64. The molecular formula is C27H29NO6. The normalized spacial score (nSPS) is 26.6. The summed E-state index contributed by atoms with van der Waals surface area (Å²) in [6, 6.07) is 11.4. The molecule has 7 nitrogen and oxygen atoms in total. The minimum Gasteiger partial charge on any atom is -0.507 e. The number of carbonyl (C=O) groups excluding carboxylic acids is 1. The summed E-state index contributed by atoms with van der Waals surface area (Å²) in [5.41, 5.74) is 1.28. The summed E-state index contributed by atoms with van der Waals surface area (Å²) < 4.78 is 22.7. The number of aliphatic hydroxyl groups is 1. The van der Waals surface area contributed by atoms with Crippen molar-refractivity contribution in [1.29, 1.82) is 0 Å². The summed E-state index contributed by atoms with van der Waals surface area (Å²) in [6.07, 6.45) is 7.01. The molecule has 3 unspecified atom stereocenters. The van der Waals surface area contributed by atoms with Crippen LogP contribution in [0.15, 0.2) is 53.8 Å². The third kappa shape index (κ3) is 3.38. The summed E-state index contributed by atoms with van der Waals surface area (Å²) in [6.45, 7) is 0. The molecule has 0 spiro atoms. The van der Waals surface area contributed by atoms with Gasteiger partial charge in [0, 0.05) is 29.4 Å². The predicted molar refractivity (Wildman–Crippen MR) is 127 cm³/mol. The average Bonchev–Trinajstić information content (AvgIpc) is 2.85. The number of ether oxygens (including phenoxy) is 4. The van der Waals surface area contributed by atoms with Crippen molar-refractivity contribution in [2.75, 3.05) is 21.3 Å². The van der Waals surface area contributed by atoms with Gasteiger partial charge in [-0.2, -0.15) is 0 Å². The number of nitrogens with one attached hydrogen (secondary N) is 1. The van der Waals surface area contributed by atoms with Gasteiger partial charge in [0.15, 0.2) is 17.2 Å². The van der Waals surface area contributed by atoms with Crippen molar-refractivity contribution < 1.29 is 28.8 Å². The third-order valence-electron chi connectivity index (χ3n) is 7.17. The van der Waals surface area contributed by atoms with Gasteiger partial charge in [0.2, 0.25) is 5.75 Å². The van der Waals surface area contributed by atoms with Gasteiger partial charge in [-0.15, -0.1) is 0 Å². The highest BCUT2D eigenvalue weighted by Crippen LogP contribution is 2.55. The monoisotopic (exact) mass is 463 g/mol. The lowest BCUT2D eigenvalue weighted by Crippen LogP contribution is -2.66. The van der Waals surface area contributed by atoms with E-state index in [1.54, 1.807) is 39.5 Å². The Morgan fingerprint density at radius 3 is 2.65 bits per heavy atom. The minimum absolute atomic E-state index is 0.0648. The van der Waals surface area contributed by atoms with Crippen molar-refractivity contribution in [3.63, 3.8) is 0 Å². The van der Waals surface area contributed by atoms with Crippen LogP contribution in [-0.2, 0) is 4.79 Å². The van der Waals surface area contributed by atoms with E-state index in [2.05, 4.69) is 5.32 Å². The summed E-state index contributed by atoms with van der Waals surface area (Å²) in [5.74, 6) is 1.70. The topological polar surface area (TPSA) is 86.3 Å². The standard InChI is InChI=1S/C27H29NO6/c1-31-21-14-12-16(24(32-2)25(21)33-3)11-13-19(29)23-22-17-8-4-5-10-20(17)34-27(28-26(23)30)15-7-6-9-18(22)27/h4-5,8,10-14,18,22,29H,6-7,9,15H2,1-3H3,(H,28,30). The smallest absolute Gasteiger partial charge is 0.254 e. The first-order valence-corrected chi connectivity index (χ1v) is 11.5. The zero-order valence-corrected chi connectivity index (χ0v) is 19.6.